The Morgan fingerprint density at radius 3 is 2.38 bits per heavy atom. The molecule has 1 fully saturated rings. The second kappa shape index (κ2) is 11.4. The molecule has 32 heavy (non-hydrogen) atoms. The molecule has 1 aromatic carbocycles. The van der Waals surface area contributed by atoms with Gasteiger partial charge in [-0.1, -0.05) is 52.1 Å². The van der Waals surface area contributed by atoms with E-state index in [-0.39, 0.29) is 5.41 Å². The van der Waals surface area contributed by atoms with E-state index in [2.05, 4.69) is 75.7 Å². The average Bonchev–Trinajstić information content (AvgIpc) is 2.77. The lowest BCUT2D eigenvalue weighted by atomic mass is 9.77. The summed E-state index contributed by atoms with van der Waals surface area (Å²) in [6.45, 7) is 20.0. The number of hydrogen-bond donors (Lipinski definition) is 1. The van der Waals surface area contributed by atoms with Crippen LogP contribution in [0.25, 0.3) is 0 Å². The first-order valence-corrected chi connectivity index (χ1v) is 11.7. The molecule has 0 aliphatic heterocycles. The van der Waals surface area contributed by atoms with E-state index in [1.807, 2.05) is 25.2 Å². The highest BCUT2D eigenvalue weighted by molar-refractivity contribution is 5.53. The molecule has 0 heterocycles. The molecule has 0 saturated heterocycles. The molecule has 0 spiro atoms. The molecule has 1 aromatic rings. The van der Waals surface area contributed by atoms with Crippen LogP contribution in [0.5, 0.6) is 0 Å². The lowest BCUT2D eigenvalue weighted by Gasteiger charge is -2.39. The molecule has 3 heteroatoms. The standard InChI is InChI=1S/C29H41NO2/c1-8-11-12-13-27(9-2)32-22-29(31)20-18-24(19-21-29)23(4)30(10-3)26-16-14-25(15-17-26)28(5,6)7/h9,11-17,24,31H,1,4,10,18-22H2,2-3,5-7H3/b13-12-,27-9+. The highest BCUT2D eigenvalue weighted by Crippen LogP contribution is 2.38. The highest BCUT2D eigenvalue weighted by atomic mass is 16.5. The molecular weight excluding hydrogens is 394 g/mol. The summed E-state index contributed by atoms with van der Waals surface area (Å²) < 4.78 is 5.88. The lowest BCUT2D eigenvalue weighted by molar-refractivity contribution is -0.0565. The van der Waals surface area contributed by atoms with Gasteiger partial charge in [-0.25, -0.2) is 0 Å². The van der Waals surface area contributed by atoms with Crippen LogP contribution in [0.15, 0.2) is 78.9 Å². The van der Waals surface area contributed by atoms with Crippen molar-refractivity contribution >= 4 is 5.69 Å². The third-order valence-corrected chi connectivity index (χ3v) is 6.36. The third kappa shape index (κ3) is 7.02. The first kappa shape index (κ1) is 25.8. The van der Waals surface area contributed by atoms with E-state index in [4.69, 9.17) is 4.74 Å². The van der Waals surface area contributed by atoms with Gasteiger partial charge in [-0.05, 0) is 86.8 Å². The minimum absolute atomic E-state index is 0.146. The van der Waals surface area contributed by atoms with E-state index < -0.39 is 5.60 Å². The second-order valence-corrected chi connectivity index (χ2v) is 9.74. The number of anilines is 1. The van der Waals surface area contributed by atoms with Crippen LogP contribution in [0, 0.1) is 5.92 Å². The summed E-state index contributed by atoms with van der Waals surface area (Å²) in [6.07, 6.45) is 10.6. The maximum absolute atomic E-state index is 11.1. The van der Waals surface area contributed by atoms with Crippen LogP contribution in [-0.4, -0.2) is 23.9 Å². The largest absolute Gasteiger partial charge is 0.491 e. The summed E-state index contributed by atoms with van der Waals surface area (Å²) >= 11 is 0. The Hall–Kier alpha value is -2.48. The van der Waals surface area contributed by atoms with Crippen molar-refractivity contribution in [3.05, 3.63) is 84.5 Å². The fourth-order valence-corrected chi connectivity index (χ4v) is 4.20. The van der Waals surface area contributed by atoms with Crippen LogP contribution >= 0.6 is 0 Å². The van der Waals surface area contributed by atoms with E-state index in [1.165, 1.54) is 11.3 Å². The zero-order valence-electron chi connectivity index (χ0n) is 20.7. The Balaban J connectivity index is 1.97. The monoisotopic (exact) mass is 435 g/mol. The van der Waals surface area contributed by atoms with Gasteiger partial charge in [0.25, 0.3) is 0 Å². The van der Waals surface area contributed by atoms with Gasteiger partial charge >= 0.3 is 0 Å². The van der Waals surface area contributed by atoms with Gasteiger partial charge < -0.3 is 14.7 Å². The van der Waals surface area contributed by atoms with Crippen molar-refractivity contribution < 1.29 is 9.84 Å². The Morgan fingerprint density at radius 1 is 1.25 bits per heavy atom. The van der Waals surface area contributed by atoms with Gasteiger partial charge in [-0.15, -0.1) is 5.73 Å². The predicted molar refractivity (Wildman–Crippen MR) is 137 cm³/mol. The SMILES string of the molecule is C=C=C/C=C\C(=C/C)OCC1(O)CCC(C(=C)N(CC)c2ccc(C(C)(C)C)cc2)CC1. The topological polar surface area (TPSA) is 32.7 Å². The number of aliphatic hydroxyl groups is 1. The number of ether oxygens (including phenoxy) is 1. The summed E-state index contributed by atoms with van der Waals surface area (Å²) in [4.78, 5) is 2.31. The first-order valence-electron chi connectivity index (χ1n) is 11.7. The van der Waals surface area contributed by atoms with Gasteiger partial charge in [0.15, 0.2) is 0 Å². The zero-order valence-corrected chi connectivity index (χ0v) is 20.7. The van der Waals surface area contributed by atoms with Gasteiger partial charge in [0.2, 0.25) is 0 Å². The molecule has 174 valence electrons. The van der Waals surface area contributed by atoms with Crippen LogP contribution in [0.1, 0.15) is 65.9 Å². The molecular formula is C29H41NO2. The van der Waals surface area contributed by atoms with Crippen LogP contribution in [0.4, 0.5) is 5.69 Å². The maximum atomic E-state index is 11.1. The molecule has 0 atom stereocenters. The van der Waals surface area contributed by atoms with Gasteiger partial charge in [-0.2, -0.15) is 0 Å². The average molecular weight is 436 g/mol. The Kier molecular flexibility index (Phi) is 9.19. The molecule has 2 rings (SSSR count). The van der Waals surface area contributed by atoms with E-state index in [0.717, 1.165) is 30.8 Å². The fraction of sp³-hybridized carbons (Fsp3) is 0.483. The molecule has 0 radical (unpaired) electrons. The van der Waals surface area contributed by atoms with Crippen molar-refractivity contribution in [1.82, 2.24) is 0 Å². The van der Waals surface area contributed by atoms with Gasteiger partial charge in [0.05, 0.1) is 5.60 Å². The van der Waals surface area contributed by atoms with Crippen molar-refractivity contribution in [2.45, 2.75) is 71.3 Å². The van der Waals surface area contributed by atoms with Crippen LogP contribution in [0.2, 0.25) is 0 Å². The summed E-state index contributed by atoms with van der Waals surface area (Å²) in [5, 5.41) is 11.1. The number of allylic oxidation sites excluding steroid dienone is 5. The molecule has 1 aliphatic rings. The number of hydrogen-bond acceptors (Lipinski definition) is 3. The Bertz CT molecular complexity index is 855. The molecule has 3 nitrogen and oxygen atoms in total. The van der Waals surface area contributed by atoms with Gasteiger partial charge in [-0.3, -0.25) is 0 Å². The Morgan fingerprint density at radius 2 is 1.88 bits per heavy atom. The summed E-state index contributed by atoms with van der Waals surface area (Å²) in [5.41, 5.74) is 5.73. The fourth-order valence-electron chi connectivity index (χ4n) is 4.20. The van der Waals surface area contributed by atoms with Crippen molar-refractivity contribution in [3.8, 4) is 0 Å². The quantitative estimate of drug-likeness (QED) is 0.256. The number of nitrogens with zero attached hydrogens (tertiary/aromatic N) is 1. The molecule has 0 bridgehead atoms. The zero-order chi connectivity index (χ0) is 23.8. The van der Waals surface area contributed by atoms with Crippen molar-refractivity contribution in [2.75, 3.05) is 18.1 Å². The van der Waals surface area contributed by atoms with E-state index in [0.29, 0.717) is 25.4 Å². The predicted octanol–water partition coefficient (Wildman–Crippen LogP) is 7.06. The summed E-state index contributed by atoms with van der Waals surface area (Å²) in [5.74, 6) is 1.11. The van der Waals surface area contributed by atoms with Crippen molar-refractivity contribution in [2.24, 2.45) is 5.92 Å². The maximum Gasteiger partial charge on any atom is 0.117 e. The molecule has 0 amide bonds. The number of rotatable bonds is 9. The van der Waals surface area contributed by atoms with Gasteiger partial charge in [0, 0.05) is 17.9 Å². The first-order chi connectivity index (χ1) is 15.1. The molecule has 1 N–H and O–H groups in total. The second-order valence-electron chi connectivity index (χ2n) is 9.74. The highest BCUT2D eigenvalue weighted by Gasteiger charge is 2.36. The Labute approximate surface area is 195 Å². The summed E-state index contributed by atoms with van der Waals surface area (Å²) in [6, 6.07) is 8.85. The smallest absolute Gasteiger partial charge is 0.117 e. The molecule has 1 aliphatic carbocycles. The van der Waals surface area contributed by atoms with Crippen molar-refractivity contribution in [1.29, 1.82) is 0 Å². The molecule has 0 unspecified atom stereocenters. The van der Waals surface area contributed by atoms with Crippen molar-refractivity contribution in [3.63, 3.8) is 0 Å². The van der Waals surface area contributed by atoms with Gasteiger partial charge in [0.1, 0.15) is 12.4 Å². The van der Waals surface area contributed by atoms with E-state index in [1.54, 1.807) is 6.08 Å². The molecule has 0 aromatic heterocycles. The van der Waals surface area contributed by atoms with Crippen LogP contribution in [0.3, 0.4) is 0 Å². The lowest BCUT2D eigenvalue weighted by Crippen LogP contribution is -2.40. The minimum Gasteiger partial charge on any atom is -0.491 e. The minimum atomic E-state index is -0.793. The van der Waals surface area contributed by atoms with Crippen LogP contribution < -0.4 is 4.90 Å². The van der Waals surface area contributed by atoms with Crippen LogP contribution in [-0.2, 0) is 10.2 Å². The van der Waals surface area contributed by atoms with E-state index >= 15 is 0 Å². The number of benzene rings is 1. The normalized spacial score (nSPS) is 21.8. The molecule has 1 saturated carbocycles. The summed E-state index contributed by atoms with van der Waals surface area (Å²) in [7, 11) is 0. The van der Waals surface area contributed by atoms with E-state index in [9.17, 15) is 5.11 Å². The third-order valence-electron chi connectivity index (χ3n) is 6.36.